The zero-order chi connectivity index (χ0) is 17.6. The fraction of sp³-hybridized carbons (Fsp3) is 0.217. The lowest BCUT2D eigenvalue weighted by Gasteiger charge is -2.28. The van der Waals surface area contributed by atoms with Crippen molar-refractivity contribution in [1.82, 2.24) is 4.90 Å². The van der Waals surface area contributed by atoms with Crippen molar-refractivity contribution in [1.29, 1.82) is 0 Å². The average molecular weight is 361 g/mol. The van der Waals surface area contributed by atoms with E-state index in [1.165, 1.54) is 16.2 Å². The van der Waals surface area contributed by atoms with Gasteiger partial charge in [0.05, 0.1) is 13.3 Å². The van der Waals surface area contributed by atoms with Crippen molar-refractivity contribution in [2.24, 2.45) is 0 Å². The van der Waals surface area contributed by atoms with Crippen LogP contribution in [-0.2, 0) is 11.2 Å². The fourth-order valence-electron chi connectivity index (χ4n) is 3.46. The molecule has 3 heteroatoms. The van der Waals surface area contributed by atoms with Crippen molar-refractivity contribution in [2.45, 2.75) is 12.5 Å². The number of benzene rings is 3. The van der Waals surface area contributed by atoms with E-state index in [1.807, 2.05) is 0 Å². The molecule has 0 radical (unpaired) electrons. The number of hydrogen-bond donors (Lipinski definition) is 0. The van der Waals surface area contributed by atoms with Gasteiger partial charge in [-0.3, -0.25) is 4.90 Å². The normalized spacial score (nSPS) is 17.7. The fourth-order valence-corrected chi connectivity index (χ4v) is 5.82. The summed E-state index contributed by atoms with van der Waals surface area (Å²) in [5.41, 5.74) is 1.39. The Labute approximate surface area is 157 Å². The maximum atomic E-state index is 5.85. The highest BCUT2D eigenvalue weighted by Crippen LogP contribution is 2.36. The topological polar surface area (TPSA) is 12.5 Å². The smallest absolute Gasteiger partial charge is 0.0997 e. The van der Waals surface area contributed by atoms with Crippen LogP contribution in [0.1, 0.15) is 5.56 Å². The van der Waals surface area contributed by atoms with Gasteiger partial charge >= 0.3 is 0 Å². The molecule has 1 aliphatic rings. The Kier molecular flexibility index (Phi) is 5.76. The zero-order valence-electron chi connectivity index (χ0n) is 14.9. The standard InChI is InChI=1S/C23H24NOP/c1-4-10-20(11-5-1)16-21-17-25-18-24(21)19-26(22-12-6-2-7-13-22)23-14-8-3-9-15-23/h1-15,21H,16-19H2/t21-/m0/s1. The van der Waals surface area contributed by atoms with E-state index in [0.717, 1.165) is 26.0 Å². The van der Waals surface area contributed by atoms with Crippen molar-refractivity contribution in [3.63, 3.8) is 0 Å². The van der Waals surface area contributed by atoms with Gasteiger partial charge in [-0.25, -0.2) is 0 Å². The van der Waals surface area contributed by atoms with E-state index in [0.29, 0.717) is 6.04 Å². The van der Waals surface area contributed by atoms with E-state index in [1.54, 1.807) is 0 Å². The van der Waals surface area contributed by atoms with Gasteiger partial charge < -0.3 is 4.74 Å². The van der Waals surface area contributed by atoms with Crippen LogP contribution in [-0.4, -0.2) is 30.6 Å². The minimum absolute atomic E-state index is 0.417. The molecule has 26 heavy (non-hydrogen) atoms. The number of rotatable bonds is 6. The van der Waals surface area contributed by atoms with Gasteiger partial charge in [0.2, 0.25) is 0 Å². The highest BCUT2D eigenvalue weighted by atomic mass is 31.1. The van der Waals surface area contributed by atoms with Crippen LogP contribution >= 0.6 is 7.92 Å². The van der Waals surface area contributed by atoms with Gasteiger partial charge in [0.1, 0.15) is 0 Å². The summed E-state index contributed by atoms with van der Waals surface area (Å²) in [6.45, 7) is 1.55. The van der Waals surface area contributed by atoms with Crippen molar-refractivity contribution < 1.29 is 4.74 Å². The summed E-state index contributed by atoms with van der Waals surface area (Å²) in [4.78, 5) is 2.53. The van der Waals surface area contributed by atoms with Gasteiger partial charge in [-0.1, -0.05) is 91.0 Å². The van der Waals surface area contributed by atoms with Crippen LogP contribution in [0.3, 0.4) is 0 Å². The molecular formula is C23H24NOP. The molecule has 1 aliphatic heterocycles. The van der Waals surface area contributed by atoms with Gasteiger partial charge in [-0.2, -0.15) is 0 Å². The molecule has 0 aliphatic carbocycles. The summed E-state index contributed by atoms with van der Waals surface area (Å²) in [5, 5.41) is 2.86. The second-order valence-corrected chi connectivity index (χ2v) is 8.84. The molecule has 3 aromatic rings. The molecular weight excluding hydrogens is 337 g/mol. The van der Waals surface area contributed by atoms with Crippen LogP contribution < -0.4 is 10.6 Å². The summed E-state index contributed by atoms with van der Waals surface area (Å²) in [7, 11) is -0.417. The lowest BCUT2D eigenvalue weighted by molar-refractivity contribution is 0.150. The highest BCUT2D eigenvalue weighted by molar-refractivity contribution is 7.72. The van der Waals surface area contributed by atoms with E-state index >= 15 is 0 Å². The molecule has 132 valence electrons. The Morgan fingerprint density at radius 3 is 1.88 bits per heavy atom. The lowest BCUT2D eigenvalue weighted by Crippen LogP contribution is -2.35. The molecule has 1 atom stereocenters. The first kappa shape index (κ1) is 17.4. The molecule has 1 saturated heterocycles. The van der Waals surface area contributed by atoms with E-state index in [4.69, 9.17) is 4.74 Å². The summed E-state index contributed by atoms with van der Waals surface area (Å²) < 4.78 is 5.85. The molecule has 0 bridgehead atoms. The highest BCUT2D eigenvalue weighted by Gasteiger charge is 2.28. The van der Waals surface area contributed by atoms with Crippen molar-refractivity contribution >= 4 is 18.5 Å². The van der Waals surface area contributed by atoms with Crippen LogP contribution in [0.25, 0.3) is 0 Å². The zero-order valence-corrected chi connectivity index (χ0v) is 15.8. The molecule has 2 nitrogen and oxygen atoms in total. The van der Waals surface area contributed by atoms with Crippen molar-refractivity contribution in [3.05, 3.63) is 96.6 Å². The van der Waals surface area contributed by atoms with E-state index < -0.39 is 7.92 Å². The van der Waals surface area contributed by atoms with Crippen LogP contribution in [0, 0.1) is 0 Å². The number of nitrogens with zero attached hydrogens (tertiary/aromatic N) is 1. The minimum atomic E-state index is -0.417. The second kappa shape index (κ2) is 8.60. The lowest BCUT2D eigenvalue weighted by atomic mass is 10.1. The maximum absolute atomic E-state index is 5.85. The summed E-state index contributed by atoms with van der Waals surface area (Å²) in [6, 6.07) is 33.1. The van der Waals surface area contributed by atoms with Gasteiger partial charge in [0.25, 0.3) is 0 Å². The maximum Gasteiger partial charge on any atom is 0.0997 e. The van der Waals surface area contributed by atoms with E-state index in [-0.39, 0.29) is 0 Å². The molecule has 0 N–H and O–H groups in total. The first-order valence-electron chi connectivity index (χ1n) is 9.13. The molecule has 0 amide bonds. The molecule has 0 unspecified atom stereocenters. The third-order valence-electron chi connectivity index (χ3n) is 4.86. The molecule has 0 saturated carbocycles. The minimum Gasteiger partial charge on any atom is -0.364 e. The number of ether oxygens (including phenoxy) is 1. The Hall–Kier alpha value is -1.99. The third kappa shape index (κ3) is 4.22. The first-order chi connectivity index (χ1) is 12.9. The Bertz CT molecular complexity index is 755. The van der Waals surface area contributed by atoms with Crippen molar-refractivity contribution in [2.75, 3.05) is 19.6 Å². The van der Waals surface area contributed by atoms with Gasteiger partial charge in [0.15, 0.2) is 0 Å². The Morgan fingerprint density at radius 2 is 1.31 bits per heavy atom. The SMILES string of the molecule is c1ccc(C[C@H]2COCN2CP(c2ccccc2)c2ccccc2)cc1. The molecule has 1 fully saturated rings. The molecule has 4 rings (SSSR count). The van der Waals surface area contributed by atoms with Crippen LogP contribution in [0.15, 0.2) is 91.0 Å². The predicted octanol–water partition coefficient (Wildman–Crippen LogP) is 3.98. The van der Waals surface area contributed by atoms with Gasteiger partial charge in [0, 0.05) is 12.3 Å². The van der Waals surface area contributed by atoms with Crippen LogP contribution in [0.4, 0.5) is 0 Å². The third-order valence-corrected chi connectivity index (χ3v) is 7.35. The molecule has 3 aromatic carbocycles. The van der Waals surface area contributed by atoms with E-state index in [2.05, 4.69) is 95.9 Å². The Balaban J connectivity index is 1.55. The quantitative estimate of drug-likeness (QED) is 0.616. The largest absolute Gasteiger partial charge is 0.364 e. The molecule has 0 aromatic heterocycles. The monoisotopic (exact) mass is 361 g/mol. The summed E-state index contributed by atoms with van der Waals surface area (Å²) >= 11 is 0. The van der Waals surface area contributed by atoms with Gasteiger partial charge in [-0.05, 0) is 30.5 Å². The van der Waals surface area contributed by atoms with Gasteiger partial charge in [-0.15, -0.1) is 0 Å². The molecule has 1 heterocycles. The summed E-state index contributed by atoms with van der Waals surface area (Å²) in [6.07, 6.45) is 2.09. The van der Waals surface area contributed by atoms with Crippen molar-refractivity contribution in [3.8, 4) is 0 Å². The predicted molar refractivity (Wildman–Crippen MR) is 111 cm³/mol. The summed E-state index contributed by atoms with van der Waals surface area (Å²) in [5.74, 6) is 0. The van der Waals surface area contributed by atoms with E-state index in [9.17, 15) is 0 Å². The molecule has 0 spiro atoms. The Morgan fingerprint density at radius 1 is 0.769 bits per heavy atom. The first-order valence-corrected chi connectivity index (χ1v) is 10.7. The van der Waals surface area contributed by atoms with Crippen LogP contribution in [0.2, 0.25) is 0 Å². The van der Waals surface area contributed by atoms with Crippen LogP contribution in [0.5, 0.6) is 0 Å². The second-order valence-electron chi connectivity index (χ2n) is 6.67. The average Bonchev–Trinajstić information content (AvgIpc) is 3.15. The number of hydrogen-bond acceptors (Lipinski definition) is 2.